The molecule has 0 aliphatic carbocycles. The smallest absolute Gasteiger partial charge is 0.155 e. The van der Waals surface area contributed by atoms with Gasteiger partial charge in [-0.3, -0.25) is 0 Å². The van der Waals surface area contributed by atoms with Crippen molar-refractivity contribution in [3.8, 4) is 0 Å². The van der Waals surface area contributed by atoms with Gasteiger partial charge in [0.15, 0.2) is 5.34 Å². The quantitative estimate of drug-likeness (QED) is 0.546. The summed E-state index contributed by atoms with van der Waals surface area (Å²) in [4.78, 5) is 14.4. The Morgan fingerprint density at radius 1 is 1.14 bits per heavy atom. The van der Waals surface area contributed by atoms with E-state index in [1.165, 1.54) is 22.3 Å². The van der Waals surface area contributed by atoms with Gasteiger partial charge in [-0.05, 0) is 55.5 Å². The molecule has 0 aromatic heterocycles. The van der Waals surface area contributed by atoms with Crippen molar-refractivity contribution in [1.82, 2.24) is 0 Å². The number of nitrogens with zero attached hydrogens (tertiary/aromatic N) is 1. The van der Waals surface area contributed by atoms with Crippen molar-refractivity contribution >= 4 is 0 Å². The Balaban J connectivity index is 3.12. The molecule has 0 radical (unpaired) electrons. The van der Waals surface area contributed by atoms with E-state index in [1.54, 1.807) is 0 Å². The highest BCUT2D eigenvalue weighted by Crippen LogP contribution is 2.21. The average molecular weight is 193 g/mol. The third-order valence-corrected chi connectivity index (χ3v) is 2.86. The molecule has 0 heterocycles. The topological polar surface area (TPSA) is 38.7 Å². The second-order valence-corrected chi connectivity index (χ2v) is 3.58. The molecular weight excluding hydrogens is 178 g/mol. The van der Waals surface area contributed by atoms with E-state index in [0.717, 1.165) is 5.56 Å². The maximum Gasteiger partial charge on any atom is 0.155 e. The van der Waals surface area contributed by atoms with Crippen molar-refractivity contribution in [1.29, 1.82) is 0 Å². The van der Waals surface area contributed by atoms with Crippen LogP contribution in [0.4, 0.5) is 0 Å². The lowest BCUT2D eigenvalue weighted by Gasteiger charge is -2.12. The summed E-state index contributed by atoms with van der Waals surface area (Å²) in [7, 11) is 0. The van der Waals surface area contributed by atoms with Gasteiger partial charge in [0.1, 0.15) is 6.61 Å². The molecule has 0 unspecified atom stereocenters. The Morgan fingerprint density at radius 2 is 1.79 bits per heavy atom. The predicted octanol–water partition coefficient (Wildman–Crippen LogP) is 3.12. The second-order valence-electron chi connectivity index (χ2n) is 3.58. The maximum atomic E-state index is 9.85. The van der Waals surface area contributed by atoms with Crippen LogP contribution in [-0.4, -0.2) is 0 Å². The molecule has 3 heteroatoms. The van der Waals surface area contributed by atoms with Crippen molar-refractivity contribution in [2.75, 3.05) is 0 Å². The van der Waals surface area contributed by atoms with E-state index in [-0.39, 0.29) is 6.61 Å². The zero-order valence-corrected chi connectivity index (χ0v) is 9.05. The van der Waals surface area contributed by atoms with Gasteiger partial charge < -0.3 is 4.84 Å². The number of benzene rings is 1. The molecule has 3 nitrogen and oxygen atoms in total. The SMILES string of the molecule is Cc1cc(CON=O)c(C)c(C)c1C. The molecule has 0 spiro atoms. The normalized spacial score (nSPS) is 10.0. The van der Waals surface area contributed by atoms with E-state index in [1.807, 2.05) is 13.0 Å². The number of hydrogen-bond acceptors (Lipinski definition) is 3. The van der Waals surface area contributed by atoms with E-state index in [0.29, 0.717) is 0 Å². The molecule has 1 aromatic carbocycles. The van der Waals surface area contributed by atoms with Crippen LogP contribution in [0.25, 0.3) is 0 Å². The molecule has 0 bridgehead atoms. The molecule has 1 rings (SSSR count). The Hall–Kier alpha value is -1.38. The summed E-state index contributed by atoms with van der Waals surface area (Å²) in [6, 6.07) is 2.04. The van der Waals surface area contributed by atoms with Crippen molar-refractivity contribution in [3.05, 3.63) is 38.8 Å². The summed E-state index contributed by atoms with van der Waals surface area (Å²) < 4.78 is 0. The third kappa shape index (κ3) is 1.92. The Labute approximate surface area is 84.0 Å². The van der Waals surface area contributed by atoms with Gasteiger partial charge in [0, 0.05) is 0 Å². The monoisotopic (exact) mass is 193 g/mol. The molecule has 76 valence electrons. The van der Waals surface area contributed by atoms with Crippen LogP contribution >= 0.6 is 0 Å². The first kappa shape index (κ1) is 10.7. The van der Waals surface area contributed by atoms with Gasteiger partial charge in [-0.1, -0.05) is 6.07 Å². The standard InChI is InChI=1S/C11H15NO2/c1-7-5-11(6-14-12-13)10(4)9(3)8(7)2/h5H,6H2,1-4H3. The minimum absolute atomic E-state index is 0.261. The number of rotatable bonds is 3. The van der Waals surface area contributed by atoms with E-state index >= 15 is 0 Å². The van der Waals surface area contributed by atoms with Crippen LogP contribution in [0.1, 0.15) is 27.8 Å². The van der Waals surface area contributed by atoms with Gasteiger partial charge in [0.2, 0.25) is 0 Å². The van der Waals surface area contributed by atoms with Crippen LogP contribution < -0.4 is 0 Å². The summed E-state index contributed by atoms with van der Waals surface area (Å²) in [5, 5.41) is 2.40. The number of hydrogen-bond donors (Lipinski definition) is 0. The Morgan fingerprint density at radius 3 is 2.36 bits per heavy atom. The molecule has 0 amide bonds. The highest BCUT2D eigenvalue weighted by atomic mass is 16.7. The fourth-order valence-corrected chi connectivity index (χ4v) is 1.54. The molecule has 0 saturated heterocycles. The van der Waals surface area contributed by atoms with Crippen molar-refractivity contribution in [3.63, 3.8) is 0 Å². The first-order chi connectivity index (χ1) is 6.57. The average Bonchev–Trinajstić information content (AvgIpc) is 2.18. The van der Waals surface area contributed by atoms with Crippen LogP contribution in [-0.2, 0) is 11.4 Å². The fourth-order valence-electron chi connectivity index (χ4n) is 1.54. The zero-order valence-electron chi connectivity index (χ0n) is 9.05. The summed E-state index contributed by atoms with van der Waals surface area (Å²) in [5.74, 6) is 0. The minimum atomic E-state index is 0.261. The van der Waals surface area contributed by atoms with Gasteiger partial charge in [-0.25, -0.2) is 0 Å². The maximum absolute atomic E-state index is 9.85. The molecule has 0 fully saturated rings. The van der Waals surface area contributed by atoms with Crippen LogP contribution in [0.15, 0.2) is 11.4 Å². The summed E-state index contributed by atoms with van der Waals surface area (Å²) in [5.41, 5.74) is 5.99. The van der Waals surface area contributed by atoms with Crippen LogP contribution in [0.3, 0.4) is 0 Å². The third-order valence-electron chi connectivity index (χ3n) is 2.86. The van der Waals surface area contributed by atoms with E-state index < -0.39 is 0 Å². The predicted molar refractivity (Wildman–Crippen MR) is 56.0 cm³/mol. The van der Waals surface area contributed by atoms with E-state index in [2.05, 4.69) is 30.9 Å². The Kier molecular flexibility index (Phi) is 3.23. The summed E-state index contributed by atoms with van der Waals surface area (Å²) in [6.45, 7) is 8.53. The van der Waals surface area contributed by atoms with Crippen molar-refractivity contribution in [2.24, 2.45) is 5.34 Å². The Bertz CT molecular complexity index is 359. The molecule has 0 aliphatic rings. The molecule has 0 N–H and O–H groups in total. The fraction of sp³-hybridized carbons (Fsp3) is 0.455. The highest BCUT2D eigenvalue weighted by molar-refractivity contribution is 5.43. The van der Waals surface area contributed by atoms with Gasteiger partial charge in [0.05, 0.1) is 0 Å². The van der Waals surface area contributed by atoms with Crippen LogP contribution in [0.2, 0.25) is 0 Å². The van der Waals surface area contributed by atoms with E-state index in [9.17, 15) is 4.91 Å². The van der Waals surface area contributed by atoms with Crippen molar-refractivity contribution < 1.29 is 4.84 Å². The second kappa shape index (κ2) is 4.22. The number of aryl methyl sites for hydroxylation is 1. The summed E-state index contributed by atoms with van der Waals surface area (Å²) >= 11 is 0. The molecule has 1 aromatic rings. The first-order valence-electron chi connectivity index (χ1n) is 4.58. The van der Waals surface area contributed by atoms with Crippen LogP contribution in [0, 0.1) is 32.6 Å². The van der Waals surface area contributed by atoms with Gasteiger partial charge in [0.25, 0.3) is 0 Å². The molecule has 14 heavy (non-hydrogen) atoms. The zero-order chi connectivity index (χ0) is 10.7. The first-order valence-corrected chi connectivity index (χ1v) is 4.58. The molecular formula is C11H15NO2. The lowest BCUT2D eigenvalue weighted by molar-refractivity contribution is 0.125. The highest BCUT2D eigenvalue weighted by Gasteiger charge is 2.07. The van der Waals surface area contributed by atoms with Crippen molar-refractivity contribution in [2.45, 2.75) is 34.3 Å². The molecule has 0 atom stereocenters. The largest absolute Gasteiger partial charge is 0.359 e. The van der Waals surface area contributed by atoms with Gasteiger partial charge in [-0.2, -0.15) is 0 Å². The lowest BCUT2D eigenvalue weighted by Crippen LogP contribution is -1.98. The van der Waals surface area contributed by atoms with Gasteiger partial charge in [-0.15, -0.1) is 4.91 Å². The summed E-state index contributed by atoms with van der Waals surface area (Å²) in [6.07, 6.45) is 0. The molecule has 0 saturated carbocycles. The molecule has 0 aliphatic heterocycles. The van der Waals surface area contributed by atoms with Crippen LogP contribution in [0.5, 0.6) is 0 Å². The van der Waals surface area contributed by atoms with E-state index in [4.69, 9.17) is 0 Å². The minimum Gasteiger partial charge on any atom is -0.359 e. The lowest BCUT2D eigenvalue weighted by atomic mass is 9.95. The van der Waals surface area contributed by atoms with Gasteiger partial charge >= 0.3 is 0 Å².